The minimum absolute atomic E-state index is 0.0954. The third-order valence-corrected chi connectivity index (χ3v) is 5.94. The number of aliphatic hydroxyl groups excluding tert-OH is 1. The fourth-order valence-corrected chi connectivity index (χ4v) is 4.30. The Labute approximate surface area is 162 Å². The molecule has 6 nitrogen and oxygen atoms in total. The quantitative estimate of drug-likeness (QED) is 0.786. The average Bonchev–Trinajstić information content (AvgIpc) is 3.12. The molecule has 6 heteroatoms. The third kappa shape index (κ3) is 4.93. The van der Waals surface area contributed by atoms with E-state index in [4.69, 9.17) is 9.47 Å². The van der Waals surface area contributed by atoms with E-state index in [1.54, 1.807) is 14.2 Å². The van der Waals surface area contributed by atoms with Crippen molar-refractivity contribution in [1.29, 1.82) is 0 Å². The Morgan fingerprint density at radius 2 is 1.85 bits per heavy atom. The van der Waals surface area contributed by atoms with Crippen LogP contribution in [-0.4, -0.2) is 74.4 Å². The molecule has 3 rings (SSSR count). The van der Waals surface area contributed by atoms with Crippen molar-refractivity contribution >= 4 is 5.91 Å². The molecule has 150 valence electrons. The van der Waals surface area contributed by atoms with Crippen molar-refractivity contribution in [2.24, 2.45) is 11.8 Å². The van der Waals surface area contributed by atoms with Crippen molar-refractivity contribution in [3.63, 3.8) is 0 Å². The number of amides is 1. The lowest BCUT2D eigenvalue weighted by Gasteiger charge is -2.30. The van der Waals surface area contributed by atoms with Gasteiger partial charge in [-0.15, -0.1) is 0 Å². The third-order valence-electron chi connectivity index (χ3n) is 5.94. The first-order chi connectivity index (χ1) is 13.1. The van der Waals surface area contributed by atoms with Crippen LogP contribution in [0.2, 0.25) is 0 Å². The number of methoxy groups -OCH3 is 2. The molecule has 0 aliphatic carbocycles. The Balaban J connectivity index is 1.61. The summed E-state index contributed by atoms with van der Waals surface area (Å²) >= 11 is 0. The van der Waals surface area contributed by atoms with E-state index in [0.29, 0.717) is 30.4 Å². The van der Waals surface area contributed by atoms with Gasteiger partial charge in [-0.2, -0.15) is 0 Å². The number of hydrogen-bond donors (Lipinski definition) is 1. The molecule has 2 aliphatic rings. The van der Waals surface area contributed by atoms with Crippen LogP contribution in [0.1, 0.15) is 24.8 Å². The van der Waals surface area contributed by atoms with Crippen LogP contribution >= 0.6 is 0 Å². The van der Waals surface area contributed by atoms with Gasteiger partial charge in [0, 0.05) is 43.8 Å². The fourth-order valence-electron chi connectivity index (χ4n) is 4.30. The van der Waals surface area contributed by atoms with Crippen LogP contribution in [0.25, 0.3) is 0 Å². The molecule has 0 unspecified atom stereocenters. The minimum Gasteiger partial charge on any atom is -0.497 e. The molecule has 2 saturated heterocycles. The van der Waals surface area contributed by atoms with Gasteiger partial charge in [0.15, 0.2) is 0 Å². The summed E-state index contributed by atoms with van der Waals surface area (Å²) in [6, 6.07) is 5.55. The SMILES string of the molecule is COc1ccc(CC(=O)N2C[C@@H](CN3CCCCC3)[C@@H](CO)C2)c(OC)c1. The molecule has 0 saturated carbocycles. The highest BCUT2D eigenvalue weighted by Crippen LogP contribution is 2.28. The molecule has 0 bridgehead atoms. The second kappa shape index (κ2) is 9.42. The lowest BCUT2D eigenvalue weighted by molar-refractivity contribution is -0.129. The summed E-state index contributed by atoms with van der Waals surface area (Å²) < 4.78 is 10.6. The summed E-state index contributed by atoms with van der Waals surface area (Å²) in [6.07, 6.45) is 4.15. The average molecular weight is 376 g/mol. The molecule has 2 fully saturated rings. The number of ether oxygens (including phenoxy) is 2. The van der Waals surface area contributed by atoms with Crippen LogP contribution in [-0.2, 0) is 11.2 Å². The maximum atomic E-state index is 12.9. The van der Waals surface area contributed by atoms with Gasteiger partial charge in [0.05, 0.1) is 20.6 Å². The number of benzene rings is 1. The predicted octanol–water partition coefficient (Wildman–Crippen LogP) is 1.80. The first kappa shape index (κ1) is 20.0. The number of hydrogen-bond acceptors (Lipinski definition) is 5. The Kier molecular flexibility index (Phi) is 6.96. The molecule has 2 heterocycles. The summed E-state index contributed by atoms with van der Waals surface area (Å²) in [5.41, 5.74) is 0.864. The van der Waals surface area contributed by atoms with E-state index in [1.165, 1.54) is 19.3 Å². The first-order valence-corrected chi connectivity index (χ1v) is 9.96. The molecule has 27 heavy (non-hydrogen) atoms. The molecule has 1 aromatic carbocycles. The van der Waals surface area contributed by atoms with Crippen LogP contribution in [0.3, 0.4) is 0 Å². The zero-order valence-electron chi connectivity index (χ0n) is 16.5. The lowest BCUT2D eigenvalue weighted by atomic mass is 9.95. The van der Waals surface area contributed by atoms with Gasteiger partial charge in [0.25, 0.3) is 0 Å². The van der Waals surface area contributed by atoms with Crippen LogP contribution in [0.5, 0.6) is 11.5 Å². The molecule has 0 spiro atoms. The predicted molar refractivity (Wildman–Crippen MR) is 104 cm³/mol. The summed E-state index contributed by atoms with van der Waals surface area (Å²) in [6.45, 7) is 4.80. The molecule has 0 radical (unpaired) electrons. The van der Waals surface area contributed by atoms with Crippen LogP contribution in [0.15, 0.2) is 18.2 Å². The highest BCUT2D eigenvalue weighted by Gasteiger charge is 2.36. The van der Waals surface area contributed by atoms with E-state index >= 15 is 0 Å². The Morgan fingerprint density at radius 3 is 2.52 bits per heavy atom. The van der Waals surface area contributed by atoms with Crippen LogP contribution in [0, 0.1) is 11.8 Å². The molecule has 2 aliphatic heterocycles. The van der Waals surface area contributed by atoms with E-state index in [1.807, 2.05) is 23.1 Å². The van der Waals surface area contributed by atoms with Crippen molar-refractivity contribution in [3.8, 4) is 11.5 Å². The maximum Gasteiger partial charge on any atom is 0.227 e. The minimum atomic E-state index is 0.0954. The van der Waals surface area contributed by atoms with E-state index in [9.17, 15) is 9.90 Å². The molecular weight excluding hydrogens is 344 g/mol. The molecule has 1 aromatic rings. The molecular formula is C21H32N2O4. The van der Waals surface area contributed by atoms with Crippen molar-refractivity contribution < 1.29 is 19.4 Å². The second-order valence-corrected chi connectivity index (χ2v) is 7.72. The number of aliphatic hydroxyl groups is 1. The van der Waals surface area contributed by atoms with Gasteiger partial charge >= 0.3 is 0 Å². The number of rotatable bonds is 7. The Bertz CT molecular complexity index is 631. The lowest BCUT2D eigenvalue weighted by Crippen LogP contribution is -2.37. The van der Waals surface area contributed by atoms with Gasteiger partial charge in [-0.05, 0) is 37.9 Å². The van der Waals surface area contributed by atoms with Crippen LogP contribution in [0.4, 0.5) is 0 Å². The normalized spacial score (nSPS) is 23.4. The Hall–Kier alpha value is -1.79. The van der Waals surface area contributed by atoms with Gasteiger partial charge in [0.1, 0.15) is 11.5 Å². The summed E-state index contributed by atoms with van der Waals surface area (Å²) in [5.74, 6) is 2.01. The maximum absolute atomic E-state index is 12.9. The van der Waals surface area contributed by atoms with Gasteiger partial charge in [0.2, 0.25) is 5.91 Å². The van der Waals surface area contributed by atoms with Gasteiger partial charge < -0.3 is 24.4 Å². The molecule has 1 amide bonds. The number of carbonyl (C=O) groups excluding carboxylic acids is 1. The van der Waals surface area contributed by atoms with Crippen LogP contribution < -0.4 is 9.47 Å². The van der Waals surface area contributed by atoms with E-state index in [2.05, 4.69) is 4.90 Å². The molecule has 1 N–H and O–H groups in total. The van der Waals surface area contributed by atoms with E-state index in [0.717, 1.165) is 31.7 Å². The monoisotopic (exact) mass is 376 g/mol. The number of carbonyl (C=O) groups is 1. The standard InChI is InChI=1S/C21H32N2O4/c1-26-19-7-6-16(20(11-19)27-2)10-21(25)23-13-17(18(14-23)15-24)12-22-8-4-3-5-9-22/h6-7,11,17-18,24H,3-5,8-10,12-15H2,1-2H3/t17-,18-/m1/s1. The first-order valence-electron chi connectivity index (χ1n) is 9.96. The van der Waals surface area contributed by atoms with Crippen molar-refractivity contribution in [2.45, 2.75) is 25.7 Å². The fraction of sp³-hybridized carbons (Fsp3) is 0.667. The highest BCUT2D eigenvalue weighted by molar-refractivity contribution is 5.80. The summed E-state index contributed by atoms with van der Waals surface area (Å²) in [4.78, 5) is 17.3. The number of nitrogens with zero attached hydrogens (tertiary/aromatic N) is 2. The second-order valence-electron chi connectivity index (χ2n) is 7.72. The zero-order valence-corrected chi connectivity index (χ0v) is 16.5. The van der Waals surface area contributed by atoms with Gasteiger partial charge in [-0.1, -0.05) is 12.5 Å². The molecule has 0 aromatic heterocycles. The van der Waals surface area contributed by atoms with Crippen molar-refractivity contribution in [2.75, 3.05) is 53.6 Å². The number of piperidine rings is 1. The highest BCUT2D eigenvalue weighted by atomic mass is 16.5. The number of likely N-dealkylation sites (tertiary alicyclic amines) is 2. The Morgan fingerprint density at radius 1 is 1.11 bits per heavy atom. The van der Waals surface area contributed by atoms with Crippen molar-refractivity contribution in [3.05, 3.63) is 23.8 Å². The zero-order chi connectivity index (χ0) is 19.2. The van der Waals surface area contributed by atoms with E-state index in [-0.39, 0.29) is 18.4 Å². The van der Waals surface area contributed by atoms with Gasteiger partial charge in [-0.25, -0.2) is 0 Å². The summed E-state index contributed by atoms with van der Waals surface area (Å²) in [5, 5.41) is 9.80. The largest absolute Gasteiger partial charge is 0.497 e. The van der Waals surface area contributed by atoms with E-state index < -0.39 is 0 Å². The molecule has 2 atom stereocenters. The topological polar surface area (TPSA) is 62.2 Å². The summed E-state index contributed by atoms with van der Waals surface area (Å²) in [7, 11) is 3.22. The smallest absolute Gasteiger partial charge is 0.227 e. The van der Waals surface area contributed by atoms with Gasteiger partial charge in [-0.3, -0.25) is 4.79 Å². The van der Waals surface area contributed by atoms with Crippen molar-refractivity contribution in [1.82, 2.24) is 9.80 Å².